The number of aliphatic hydroxyl groups excluding tert-OH is 1. The number of nitrogens with one attached hydrogen (secondary N) is 8. The van der Waals surface area contributed by atoms with Gasteiger partial charge >= 0.3 is 11.9 Å². The van der Waals surface area contributed by atoms with Gasteiger partial charge in [-0.2, -0.15) is 11.8 Å². The van der Waals surface area contributed by atoms with Gasteiger partial charge in [0.05, 0.1) is 25.5 Å². The number of hydrogen-bond acceptors (Lipinski definition) is 15. The number of likely N-dealkylation sites (tertiary alicyclic amines) is 1. The molecule has 10 amide bonds. The Morgan fingerprint density at radius 3 is 1.63 bits per heavy atom. The molecule has 0 unspecified atom stereocenters. The summed E-state index contributed by atoms with van der Waals surface area (Å²) >= 11 is 1.29. The summed E-state index contributed by atoms with van der Waals surface area (Å²) in [5.74, 6) is -12.4. The molecule has 0 radical (unpaired) electrons. The normalized spacial score (nSPS) is 16.8. The first-order chi connectivity index (χ1) is 35.2. The van der Waals surface area contributed by atoms with E-state index in [1.807, 2.05) is 13.8 Å². The van der Waals surface area contributed by atoms with Crippen molar-refractivity contribution in [3.05, 3.63) is 35.9 Å². The fourth-order valence-electron chi connectivity index (χ4n) is 7.81. The molecule has 1 heterocycles. The van der Waals surface area contributed by atoms with E-state index in [9.17, 15) is 72.9 Å². The minimum Gasteiger partial charge on any atom is -0.481 e. The Kier molecular flexibility index (Phi) is 27.2. The Labute approximate surface area is 439 Å². The maximum Gasteiger partial charge on any atom is 0.326 e. The second kappa shape index (κ2) is 31.8. The molecule has 1 fully saturated rings. The number of carbonyl (C=O) groups excluding carboxylic acids is 10. The topological polar surface area (TPSA) is 417 Å². The predicted molar refractivity (Wildman–Crippen MR) is 272 cm³/mol. The lowest BCUT2D eigenvalue weighted by molar-refractivity contribution is -0.144. The van der Waals surface area contributed by atoms with Crippen LogP contribution in [0.3, 0.4) is 0 Å². The predicted octanol–water partition coefficient (Wildman–Crippen LogP) is -3.26. The Hall–Kier alpha value is -6.87. The Morgan fingerprint density at radius 1 is 0.627 bits per heavy atom. The van der Waals surface area contributed by atoms with Crippen molar-refractivity contribution in [2.45, 2.75) is 153 Å². The molecule has 0 bridgehead atoms. The van der Waals surface area contributed by atoms with Gasteiger partial charge in [0.2, 0.25) is 59.1 Å². The van der Waals surface area contributed by atoms with Gasteiger partial charge in [-0.1, -0.05) is 58.0 Å². The van der Waals surface area contributed by atoms with Gasteiger partial charge in [-0.05, 0) is 75.4 Å². The highest BCUT2D eigenvalue weighted by Crippen LogP contribution is 2.20. The van der Waals surface area contributed by atoms with Crippen LogP contribution in [0.25, 0.3) is 0 Å². The van der Waals surface area contributed by atoms with Crippen LogP contribution in [0.5, 0.6) is 0 Å². The van der Waals surface area contributed by atoms with Crippen molar-refractivity contribution in [2.75, 3.05) is 25.2 Å². The number of aliphatic hydroxyl groups is 1. The summed E-state index contributed by atoms with van der Waals surface area (Å²) in [5, 5.41) is 48.7. The van der Waals surface area contributed by atoms with Gasteiger partial charge in [-0.15, -0.1) is 0 Å². The fraction of sp³-hybridized carbons (Fsp3) is 0.625. The standard InChI is InChI=1S/C48H75N11O15S/c1-24(2)18-30(56-46(71)36-14-11-16-59(36)47(72)27(6)51-39(64)26(5)49)41(66)53-31(20-28-12-9-8-10-13-28)42(67)52-29(15-17-75-7)40(65)58-35(23-60)45(70)54-32(21-37(50)61)43(68)55-33(22-38(62)63)44(69)57-34(48(73)74)19-25(3)4/h8-10,12-13,24-27,29-36,60H,11,14-23,49H2,1-7H3,(H2,50,61)(H,51,64)(H,52,67)(H,53,66)(H,54,70)(H,55,68)(H,56,71)(H,57,69)(H,58,65)(H,62,63)(H,73,74)/t26-,27-,29-,30-,31-,32-,33-,34-,35-,36-/m0/s1. The first-order valence-corrected chi connectivity index (χ1v) is 25.9. The zero-order valence-electron chi connectivity index (χ0n) is 43.3. The molecule has 1 saturated heterocycles. The van der Waals surface area contributed by atoms with Crippen LogP contribution in [-0.4, -0.2) is 177 Å². The molecule has 27 heteroatoms. The molecule has 15 N–H and O–H groups in total. The molecular weight excluding hydrogens is 1000 g/mol. The van der Waals surface area contributed by atoms with Crippen LogP contribution in [0.1, 0.15) is 92.1 Å². The number of aliphatic carboxylic acids is 2. The molecule has 10 atom stereocenters. The molecule has 26 nitrogen and oxygen atoms in total. The molecule has 1 aliphatic heterocycles. The lowest BCUT2D eigenvalue weighted by Crippen LogP contribution is -2.61. The van der Waals surface area contributed by atoms with Gasteiger partial charge in [0.25, 0.3) is 0 Å². The monoisotopic (exact) mass is 1080 g/mol. The molecule has 0 spiro atoms. The number of hydrogen-bond donors (Lipinski definition) is 13. The smallest absolute Gasteiger partial charge is 0.326 e. The van der Waals surface area contributed by atoms with Crippen LogP contribution >= 0.6 is 11.8 Å². The third kappa shape index (κ3) is 22.2. The van der Waals surface area contributed by atoms with Crippen LogP contribution < -0.4 is 54.0 Å². The third-order valence-electron chi connectivity index (χ3n) is 11.7. The Morgan fingerprint density at radius 2 is 1.11 bits per heavy atom. The van der Waals surface area contributed by atoms with Crippen LogP contribution in [0.4, 0.5) is 0 Å². The van der Waals surface area contributed by atoms with E-state index < -0.39 is 151 Å². The summed E-state index contributed by atoms with van der Waals surface area (Å²) in [6, 6.07) is -5.49. The van der Waals surface area contributed by atoms with E-state index in [2.05, 4.69) is 42.5 Å². The molecule has 0 aliphatic carbocycles. The summed E-state index contributed by atoms with van der Waals surface area (Å²) in [7, 11) is 0. The first kappa shape index (κ1) is 64.2. The van der Waals surface area contributed by atoms with Gasteiger partial charge in [0.15, 0.2) is 0 Å². The van der Waals surface area contributed by atoms with Crippen molar-refractivity contribution in [2.24, 2.45) is 23.3 Å². The molecule has 418 valence electrons. The maximum atomic E-state index is 14.3. The highest BCUT2D eigenvalue weighted by atomic mass is 32.2. The molecule has 2 rings (SSSR count). The van der Waals surface area contributed by atoms with Crippen molar-refractivity contribution >= 4 is 82.8 Å². The highest BCUT2D eigenvalue weighted by molar-refractivity contribution is 7.98. The number of benzene rings is 1. The third-order valence-corrected chi connectivity index (χ3v) is 12.3. The quantitative estimate of drug-likeness (QED) is 0.0337. The van der Waals surface area contributed by atoms with E-state index in [0.29, 0.717) is 12.0 Å². The number of carboxylic acid groups (broad SMARTS) is 2. The summed E-state index contributed by atoms with van der Waals surface area (Å²) in [6.07, 6.45) is 0.377. The van der Waals surface area contributed by atoms with Gasteiger partial charge in [-0.25, -0.2) is 4.79 Å². The lowest BCUT2D eigenvalue weighted by atomic mass is 10.00. The number of rotatable bonds is 32. The number of primary amides is 1. The number of nitrogens with two attached hydrogens (primary N) is 2. The van der Waals surface area contributed by atoms with Crippen molar-refractivity contribution < 1.29 is 72.9 Å². The molecule has 1 aromatic carbocycles. The number of thioether (sulfide) groups is 1. The van der Waals surface area contributed by atoms with E-state index in [1.165, 1.54) is 30.5 Å². The summed E-state index contributed by atoms with van der Waals surface area (Å²) in [5.41, 5.74) is 11.6. The molecule has 1 aromatic rings. The largest absolute Gasteiger partial charge is 0.481 e. The zero-order valence-corrected chi connectivity index (χ0v) is 44.2. The average Bonchev–Trinajstić information content (AvgIpc) is 3.83. The van der Waals surface area contributed by atoms with Gasteiger partial charge in [0.1, 0.15) is 54.4 Å². The average molecular weight is 1080 g/mol. The maximum absolute atomic E-state index is 14.3. The number of amides is 10. The van der Waals surface area contributed by atoms with Gasteiger partial charge in [0, 0.05) is 13.0 Å². The minimum atomic E-state index is -1.92. The van der Waals surface area contributed by atoms with E-state index in [0.717, 1.165) is 0 Å². The highest BCUT2D eigenvalue weighted by Gasteiger charge is 2.39. The van der Waals surface area contributed by atoms with Crippen LogP contribution in [0.15, 0.2) is 30.3 Å². The second-order valence-corrected chi connectivity index (χ2v) is 20.1. The fourth-order valence-corrected chi connectivity index (χ4v) is 8.28. The van der Waals surface area contributed by atoms with Gasteiger partial charge in [-0.3, -0.25) is 52.7 Å². The van der Waals surface area contributed by atoms with E-state index in [1.54, 1.807) is 50.4 Å². The van der Waals surface area contributed by atoms with Gasteiger partial charge < -0.3 is 74.2 Å². The van der Waals surface area contributed by atoms with E-state index in [4.69, 9.17) is 11.5 Å². The number of carboxylic acids is 2. The molecule has 0 saturated carbocycles. The zero-order chi connectivity index (χ0) is 56.7. The summed E-state index contributed by atoms with van der Waals surface area (Å²) < 4.78 is 0. The first-order valence-electron chi connectivity index (χ1n) is 24.5. The Bertz CT molecular complexity index is 2180. The van der Waals surface area contributed by atoms with Crippen molar-refractivity contribution in [3.8, 4) is 0 Å². The molecule has 1 aliphatic rings. The molecule has 0 aromatic heterocycles. The van der Waals surface area contributed by atoms with Crippen LogP contribution in [-0.2, 0) is 64.0 Å². The van der Waals surface area contributed by atoms with E-state index in [-0.39, 0.29) is 56.2 Å². The van der Waals surface area contributed by atoms with Crippen molar-refractivity contribution in [1.29, 1.82) is 0 Å². The minimum absolute atomic E-state index is 0.0526. The second-order valence-electron chi connectivity index (χ2n) is 19.2. The molecule has 75 heavy (non-hydrogen) atoms. The van der Waals surface area contributed by atoms with Crippen LogP contribution in [0.2, 0.25) is 0 Å². The Balaban J connectivity index is 2.37. The number of carbonyl (C=O) groups is 12. The van der Waals surface area contributed by atoms with Crippen molar-refractivity contribution in [1.82, 2.24) is 47.4 Å². The lowest BCUT2D eigenvalue weighted by Gasteiger charge is -2.30. The van der Waals surface area contributed by atoms with E-state index >= 15 is 0 Å². The summed E-state index contributed by atoms with van der Waals surface area (Å²) in [6.45, 7) is 9.01. The number of nitrogens with zero attached hydrogens (tertiary/aromatic N) is 1. The van der Waals surface area contributed by atoms with Crippen LogP contribution in [0, 0.1) is 11.8 Å². The SMILES string of the molecule is CSCC[C@H](NC(=O)[C@H](Cc1ccccc1)NC(=O)[C@H](CC(C)C)NC(=O)[C@@H]1CCCN1C(=O)[C@H](C)NC(=O)[C@H](C)N)C(=O)N[C@@H](CO)C(=O)N[C@@H](CC(N)=O)C(=O)N[C@@H](CC(=O)O)C(=O)N[C@@H](CC(C)C)C(=O)O. The summed E-state index contributed by atoms with van der Waals surface area (Å²) in [4.78, 5) is 159. The molecular formula is C48H75N11O15S. The van der Waals surface area contributed by atoms with Crippen molar-refractivity contribution in [3.63, 3.8) is 0 Å².